The van der Waals surface area contributed by atoms with Gasteiger partial charge in [0.1, 0.15) is 5.75 Å². The normalized spacial score (nSPS) is 10.6. The Morgan fingerprint density at radius 3 is 2.71 bits per heavy atom. The zero-order valence-electron chi connectivity index (χ0n) is 9.38. The first-order chi connectivity index (χ1) is 8.08. The number of alkyl halides is 3. The zero-order chi connectivity index (χ0) is 12.8. The van der Waals surface area contributed by atoms with E-state index in [0.29, 0.717) is 29.3 Å². The molecule has 1 aromatic carbocycles. The van der Waals surface area contributed by atoms with Crippen molar-refractivity contribution in [3.8, 4) is 5.75 Å². The maximum absolute atomic E-state index is 12.1. The number of carbonyl (C=O) groups excluding carboxylic acids is 1. The first-order valence-corrected chi connectivity index (χ1v) is 6.37. The second-order valence-electron chi connectivity index (χ2n) is 3.42. The maximum Gasteiger partial charge on any atom is 0.387 e. The third-order valence-electron chi connectivity index (χ3n) is 2.30. The number of halogens is 3. The molecule has 0 saturated heterocycles. The first kappa shape index (κ1) is 14.1. The molecule has 17 heavy (non-hydrogen) atoms. The molecule has 0 heterocycles. The van der Waals surface area contributed by atoms with Gasteiger partial charge in [0.15, 0.2) is 5.78 Å². The molecule has 0 aromatic heterocycles. The summed E-state index contributed by atoms with van der Waals surface area (Å²) in [5.74, 6) is 0.123. The van der Waals surface area contributed by atoms with Gasteiger partial charge in [-0.3, -0.25) is 4.79 Å². The second kappa shape index (κ2) is 6.69. The number of Topliss-reactive ketones (excluding diaryl/α,β-unsaturated/α-hetero) is 1. The highest BCUT2D eigenvalue weighted by Gasteiger charge is 2.12. The summed E-state index contributed by atoms with van der Waals surface area (Å²) in [6.07, 6.45) is 0.926. The van der Waals surface area contributed by atoms with Crippen LogP contribution < -0.4 is 4.74 Å². The molecule has 0 N–H and O–H groups in total. The molecule has 1 aromatic rings. The Labute approximate surface area is 107 Å². The molecule has 0 aliphatic heterocycles. The molecule has 0 atom stereocenters. The van der Waals surface area contributed by atoms with Crippen LogP contribution in [0.4, 0.5) is 8.78 Å². The van der Waals surface area contributed by atoms with Gasteiger partial charge >= 0.3 is 6.61 Å². The quantitative estimate of drug-likeness (QED) is 0.590. The minimum atomic E-state index is -2.84. The van der Waals surface area contributed by atoms with Crippen LogP contribution in [0.5, 0.6) is 5.75 Å². The molecule has 94 valence electrons. The van der Waals surface area contributed by atoms with E-state index < -0.39 is 6.61 Å². The van der Waals surface area contributed by atoms with Gasteiger partial charge in [-0.05, 0) is 30.2 Å². The Morgan fingerprint density at radius 1 is 1.47 bits per heavy atom. The van der Waals surface area contributed by atoms with Gasteiger partial charge in [-0.1, -0.05) is 22.9 Å². The minimum absolute atomic E-state index is 0.0137. The third kappa shape index (κ3) is 4.07. The number of benzene rings is 1. The van der Waals surface area contributed by atoms with Crippen molar-refractivity contribution in [1.29, 1.82) is 0 Å². The van der Waals surface area contributed by atoms with Crippen molar-refractivity contribution in [2.45, 2.75) is 26.4 Å². The van der Waals surface area contributed by atoms with Crippen molar-refractivity contribution in [1.82, 2.24) is 0 Å². The summed E-state index contributed by atoms with van der Waals surface area (Å²) < 4.78 is 28.6. The van der Waals surface area contributed by atoms with Crippen LogP contribution in [-0.2, 0) is 6.42 Å². The van der Waals surface area contributed by atoms with Crippen LogP contribution in [0.15, 0.2) is 18.2 Å². The lowest BCUT2D eigenvalue weighted by atomic mass is 10.0. The van der Waals surface area contributed by atoms with Crippen LogP contribution in [0, 0.1) is 0 Å². The lowest BCUT2D eigenvalue weighted by Gasteiger charge is -2.10. The molecule has 0 amide bonds. The molecular formula is C12H13BrF2O2. The highest BCUT2D eigenvalue weighted by atomic mass is 79.9. The van der Waals surface area contributed by atoms with E-state index in [1.165, 1.54) is 12.1 Å². The van der Waals surface area contributed by atoms with E-state index in [1.807, 2.05) is 6.92 Å². The topological polar surface area (TPSA) is 26.3 Å². The Kier molecular flexibility index (Phi) is 5.55. The van der Waals surface area contributed by atoms with Crippen molar-refractivity contribution >= 4 is 21.7 Å². The highest BCUT2D eigenvalue weighted by molar-refractivity contribution is 9.09. The molecule has 0 spiro atoms. The first-order valence-electron chi connectivity index (χ1n) is 5.25. The van der Waals surface area contributed by atoms with Crippen LogP contribution in [-0.4, -0.2) is 17.7 Å². The minimum Gasteiger partial charge on any atom is -0.435 e. The Morgan fingerprint density at radius 2 is 2.18 bits per heavy atom. The predicted octanol–water partition coefficient (Wildman–Crippen LogP) is 3.82. The maximum atomic E-state index is 12.1. The van der Waals surface area contributed by atoms with Gasteiger partial charge in [-0.25, -0.2) is 0 Å². The van der Waals surface area contributed by atoms with E-state index in [-0.39, 0.29) is 11.5 Å². The molecule has 0 saturated carbocycles. The van der Waals surface area contributed by atoms with Gasteiger partial charge in [0.05, 0.1) is 0 Å². The number of ether oxygens (including phenoxy) is 1. The molecular weight excluding hydrogens is 294 g/mol. The van der Waals surface area contributed by atoms with E-state index in [1.54, 1.807) is 6.07 Å². The van der Waals surface area contributed by atoms with Crippen LogP contribution >= 0.6 is 15.9 Å². The second-order valence-corrected chi connectivity index (χ2v) is 4.21. The van der Waals surface area contributed by atoms with E-state index in [4.69, 9.17) is 0 Å². The van der Waals surface area contributed by atoms with Crippen molar-refractivity contribution in [3.05, 3.63) is 29.3 Å². The van der Waals surface area contributed by atoms with Crippen LogP contribution in [0.2, 0.25) is 0 Å². The van der Waals surface area contributed by atoms with E-state index >= 15 is 0 Å². The summed E-state index contributed by atoms with van der Waals surface area (Å²) in [7, 11) is 0. The zero-order valence-corrected chi connectivity index (χ0v) is 11.0. The number of hydrogen-bond donors (Lipinski definition) is 0. The Hall–Kier alpha value is -0.970. The molecule has 0 fully saturated rings. The molecule has 0 unspecified atom stereocenters. The summed E-state index contributed by atoms with van der Waals surface area (Å²) in [6, 6.07) is 4.55. The van der Waals surface area contributed by atoms with E-state index in [2.05, 4.69) is 20.7 Å². The standard InChI is InChI=1S/C12H13BrF2O2/c1-2-8-7-9(10(16)5-6-13)3-4-11(8)17-12(14)15/h3-4,7,12H,2,5-6H2,1H3. The van der Waals surface area contributed by atoms with E-state index in [0.717, 1.165) is 0 Å². The van der Waals surface area contributed by atoms with Crippen LogP contribution in [0.1, 0.15) is 29.3 Å². The van der Waals surface area contributed by atoms with Gasteiger partial charge in [-0.2, -0.15) is 8.78 Å². The van der Waals surface area contributed by atoms with Gasteiger partial charge < -0.3 is 4.74 Å². The summed E-state index contributed by atoms with van der Waals surface area (Å²) in [6.45, 7) is -1.02. The van der Waals surface area contributed by atoms with Gasteiger partial charge in [-0.15, -0.1) is 0 Å². The molecule has 0 bridgehead atoms. The largest absolute Gasteiger partial charge is 0.435 e. The third-order valence-corrected chi connectivity index (χ3v) is 2.70. The molecule has 0 aliphatic rings. The summed E-state index contributed by atoms with van der Waals surface area (Å²) in [5.41, 5.74) is 1.15. The number of carbonyl (C=O) groups is 1. The van der Waals surface area contributed by atoms with Crippen molar-refractivity contribution in [3.63, 3.8) is 0 Å². The summed E-state index contributed by atoms with van der Waals surface area (Å²) in [5, 5.41) is 0.586. The van der Waals surface area contributed by atoms with Crippen molar-refractivity contribution in [2.24, 2.45) is 0 Å². The number of hydrogen-bond acceptors (Lipinski definition) is 2. The van der Waals surface area contributed by atoms with Gasteiger partial charge in [0.2, 0.25) is 0 Å². The average molecular weight is 307 g/mol. The van der Waals surface area contributed by atoms with Crippen molar-refractivity contribution in [2.75, 3.05) is 5.33 Å². The summed E-state index contributed by atoms with van der Waals surface area (Å²) >= 11 is 3.19. The number of rotatable bonds is 6. The fourth-order valence-electron chi connectivity index (χ4n) is 1.47. The lowest BCUT2D eigenvalue weighted by Crippen LogP contribution is -2.06. The molecule has 1 rings (SSSR count). The molecule has 0 radical (unpaired) electrons. The smallest absolute Gasteiger partial charge is 0.387 e. The fraction of sp³-hybridized carbons (Fsp3) is 0.417. The fourth-order valence-corrected chi connectivity index (χ4v) is 1.83. The number of ketones is 1. The van der Waals surface area contributed by atoms with Gasteiger partial charge in [0.25, 0.3) is 0 Å². The van der Waals surface area contributed by atoms with Crippen molar-refractivity contribution < 1.29 is 18.3 Å². The Bertz CT molecular complexity index is 394. The van der Waals surface area contributed by atoms with E-state index in [9.17, 15) is 13.6 Å². The highest BCUT2D eigenvalue weighted by Crippen LogP contribution is 2.23. The molecule has 5 heteroatoms. The van der Waals surface area contributed by atoms with Gasteiger partial charge in [0, 0.05) is 17.3 Å². The summed E-state index contributed by atoms with van der Waals surface area (Å²) in [4.78, 5) is 11.6. The SMILES string of the molecule is CCc1cc(C(=O)CCBr)ccc1OC(F)F. The molecule has 2 nitrogen and oxygen atoms in total. The predicted molar refractivity (Wildman–Crippen MR) is 65.2 cm³/mol. The monoisotopic (exact) mass is 306 g/mol. The Balaban J connectivity index is 2.95. The molecule has 0 aliphatic carbocycles. The number of aryl methyl sites for hydroxylation is 1. The lowest BCUT2D eigenvalue weighted by molar-refractivity contribution is -0.0504. The average Bonchev–Trinajstić information content (AvgIpc) is 2.29. The van der Waals surface area contributed by atoms with Crippen LogP contribution in [0.3, 0.4) is 0 Å². The van der Waals surface area contributed by atoms with Crippen LogP contribution in [0.25, 0.3) is 0 Å².